The second kappa shape index (κ2) is 9.65. The zero-order valence-corrected chi connectivity index (χ0v) is 11.3. The molecule has 0 atom stereocenters. The van der Waals surface area contributed by atoms with Gasteiger partial charge in [-0.15, -0.1) is 0 Å². The summed E-state index contributed by atoms with van der Waals surface area (Å²) in [5, 5.41) is 3.27. The monoisotopic (exact) mass is 253 g/mol. The number of anilines is 1. The van der Waals surface area contributed by atoms with Crippen LogP contribution in [0.15, 0.2) is 12.4 Å². The van der Waals surface area contributed by atoms with Crippen molar-refractivity contribution < 1.29 is 9.47 Å². The number of hydrogen-bond acceptors (Lipinski definition) is 5. The van der Waals surface area contributed by atoms with Gasteiger partial charge in [0.15, 0.2) is 0 Å². The van der Waals surface area contributed by atoms with Crippen molar-refractivity contribution in [1.82, 2.24) is 9.97 Å². The number of methoxy groups -OCH3 is 1. The van der Waals surface area contributed by atoms with Crippen LogP contribution >= 0.6 is 0 Å². The maximum absolute atomic E-state index is 5.42. The van der Waals surface area contributed by atoms with Gasteiger partial charge in [-0.2, -0.15) is 0 Å². The van der Waals surface area contributed by atoms with Crippen LogP contribution < -0.4 is 10.1 Å². The summed E-state index contributed by atoms with van der Waals surface area (Å²) < 4.78 is 10.3. The van der Waals surface area contributed by atoms with E-state index in [-0.39, 0.29) is 0 Å². The standard InChI is InChI=1S/C13H23N3O2/c1-3-4-5-6-7-14-12-10-13(16-11-15-12)18-9-8-17-2/h10-11H,3-9H2,1-2H3,(H,14,15,16). The lowest BCUT2D eigenvalue weighted by Gasteiger charge is -2.07. The minimum absolute atomic E-state index is 0.503. The quantitative estimate of drug-likeness (QED) is 0.649. The summed E-state index contributed by atoms with van der Waals surface area (Å²) >= 11 is 0. The van der Waals surface area contributed by atoms with E-state index in [0.717, 1.165) is 18.8 Å². The summed E-state index contributed by atoms with van der Waals surface area (Å²) in [4.78, 5) is 8.19. The first kappa shape index (κ1) is 14.7. The highest BCUT2D eigenvalue weighted by molar-refractivity contribution is 5.36. The molecular weight excluding hydrogens is 230 g/mol. The smallest absolute Gasteiger partial charge is 0.218 e. The van der Waals surface area contributed by atoms with E-state index in [1.54, 1.807) is 7.11 Å². The number of rotatable bonds is 10. The van der Waals surface area contributed by atoms with Crippen molar-refractivity contribution in [2.24, 2.45) is 0 Å². The van der Waals surface area contributed by atoms with Crippen molar-refractivity contribution in [3.05, 3.63) is 12.4 Å². The van der Waals surface area contributed by atoms with Crippen LogP contribution in [0.3, 0.4) is 0 Å². The molecule has 0 radical (unpaired) electrons. The molecule has 0 spiro atoms. The molecule has 0 bridgehead atoms. The number of aromatic nitrogens is 2. The fraction of sp³-hybridized carbons (Fsp3) is 0.692. The van der Waals surface area contributed by atoms with Gasteiger partial charge in [-0.3, -0.25) is 0 Å². The summed E-state index contributed by atoms with van der Waals surface area (Å²) in [6.45, 7) is 4.21. The summed E-state index contributed by atoms with van der Waals surface area (Å²) in [5.41, 5.74) is 0. The number of nitrogens with one attached hydrogen (secondary N) is 1. The van der Waals surface area contributed by atoms with Gasteiger partial charge in [-0.1, -0.05) is 26.2 Å². The third-order valence-electron chi connectivity index (χ3n) is 2.52. The van der Waals surface area contributed by atoms with E-state index in [1.165, 1.54) is 25.6 Å². The Bertz CT molecular complexity index is 321. The van der Waals surface area contributed by atoms with Gasteiger partial charge in [-0.05, 0) is 6.42 Å². The maximum Gasteiger partial charge on any atom is 0.218 e. The van der Waals surface area contributed by atoms with E-state index >= 15 is 0 Å². The van der Waals surface area contributed by atoms with Crippen LogP contribution in [0.5, 0.6) is 5.88 Å². The van der Waals surface area contributed by atoms with Crippen molar-refractivity contribution in [2.75, 3.05) is 32.2 Å². The topological polar surface area (TPSA) is 56.3 Å². The molecule has 5 nitrogen and oxygen atoms in total. The van der Waals surface area contributed by atoms with Gasteiger partial charge in [0.1, 0.15) is 18.8 Å². The van der Waals surface area contributed by atoms with Crippen molar-refractivity contribution in [3.63, 3.8) is 0 Å². The van der Waals surface area contributed by atoms with Crippen molar-refractivity contribution in [1.29, 1.82) is 0 Å². The molecule has 18 heavy (non-hydrogen) atoms. The molecule has 1 N–H and O–H groups in total. The molecule has 0 fully saturated rings. The lowest BCUT2D eigenvalue weighted by atomic mass is 10.2. The van der Waals surface area contributed by atoms with E-state index in [9.17, 15) is 0 Å². The highest BCUT2D eigenvalue weighted by atomic mass is 16.5. The third-order valence-corrected chi connectivity index (χ3v) is 2.52. The summed E-state index contributed by atoms with van der Waals surface area (Å²) in [6.07, 6.45) is 6.47. The van der Waals surface area contributed by atoms with Gasteiger partial charge < -0.3 is 14.8 Å². The fourth-order valence-corrected chi connectivity index (χ4v) is 1.51. The molecular formula is C13H23N3O2. The van der Waals surface area contributed by atoms with Gasteiger partial charge in [-0.25, -0.2) is 9.97 Å². The minimum atomic E-state index is 0.503. The first-order valence-corrected chi connectivity index (χ1v) is 6.54. The predicted molar refractivity (Wildman–Crippen MR) is 72.0 cm³/mol. The minimum Gasteiger partial charge on any atom is -0.475 e. The number of hydrogen-bond donors (Lipinski definition) is 1. The molecule has 0 aliphatic heterocycles. The van der Waals surface area contributed by atoms with Crippen LogP contribution in [0.25, 0.3) is 0 Å². The first-order valence-electron chi connectivity index (χ1n) is 6.54. The highest BCUT2D eigenvalue weighted by Gasteiger charge is 1.99. The number of ether oxygens (including phenoxy) is 2. The summed E-state index contributed by atoms with van der Waals surface area (Å²) in [6, 6.07) is 1.81. The zero-order valence-electron chi connectivity index (χ0n) is 11.3. The van der Waals surface area contributed by atoms with Crippen LogP contribution in [0.2, 0.25) is 0 Å². The molecule has 0 aliphatic carbocycles. The Morgan fingerprint density at radius 3 is 2.83 bits per heavy atom. The summed E-state index contributed by atoms with van der Waals surface area (Å²) in [7, 11) is 1.65. The Labute approximate surface area is 109 Å². The molecule has 5 heteroatoms. The molecule has 1 aromatic rings. The van der Waals surface area contributed by atoms with Gasteiger partial charge in [0, 0.05) is 19.7 Å². The molecule has 1 aromatic heterocycles. The molecule has 102 valence electrons. The Kier molecular flexibility index (Phi) is 7.88. The van der Waals surface area contributed by atoms with E-state index in [4.69, 9.17) is 9.47 Å². The molecule has 0 aromatic carbocycles. The maximum atomic E-state index is 5.42. The largest absolute Gasteiger partial charge is 0.475 e. The molecule has 0 aliphatic rings. The predicted octanol–water partition coefficient (Wildman–Crippen LogP) is 2.49. The van der Waals surface area contributed by atoms with E-state index in [2.05, 4.69) is 22.2 Å². The normalized spacial score (nSPS) is 10.3. The van der Waals surface area contributed by atoms with E-state index < -0.39 is 0 Å². The first-order chi connectivity index (χ1) is 8.86. The second-order valence-electron chi connectivity index (χ2n) is 4.07. The SMILES string of the molecule is CCCCCCNc1cc(OCCOC)ncn1. The number of nitrogens with zero attached hydrogens (tertiary/aromatic N) is 2. The van der Waals surface area contributed by atoms with Crippen LogP contribution in [-0.2, 0) is 4.74 Å². The third kappa shape index (κ3) is 6.39. The van der Waals surface area contributed by atoms with Crippen molar-refractivity contribution in [2.45, 2.75) is 32.6 Å². The second-order valence-corrected chi connectivity index (χ2v) is 4.07. The average molecular weight is 253 g/mol. The van der Waals surface area contributed by atoms with Gasteiger partial charge in [0.05, 0.1) is 6.61 Å². The molecule has 0 saturated heterocycles. The van der Waals surface area contributed by atoms with Gasteiger partial charge in [0.2, 0.25) is 5.88 Å². The van der Waals surface area contributed by atoms with Gasteiger partial charge in [0.25, 0.3) is 0 Å². The van der Waals surface area contributed by atoms with E-state index in [0.29, 0.717) is 19.1 Å². The average Bonchev–Trinajstić information content (AvgIpc) is 2.39. The zero-order chi connectivity index (χ0) is 13.1. The van der Waals surface area contributed by atoms with Crippen LogP contribution in [0, 0.1) is 0 Å². The molecule has 0 amide bonds. The molecule has 1 rings (SSSR count). The fourth-order valence-electron chi connectivity index (χ4n) is 1.51. The van der Waals surface area contributed by atoms with Crippen molar-refractivity contribution >= 4 is 5.82 Å². The Hall–Kier alpha value is -1.36. The molecule has 0 unspecified atom stereocenters. The van der Waals surface area contributed by atoms with Gasteiger partial charge >= 0.3 is 0 Å². The van der Waals surface area contributed by atoms with Crippen molar-refractivity contribution in [3.8, 4) is 5.88 Å². The lowest BCUT2D eigenvalue weighted by molar-refractivity contribution is 0.143. The summed E-state index contributed by atoms with van der Waals surface area (Å²) in [5.74, 6) is 1.40. The Morgan fingerprint density at radius 1 is 1.17 bits per heavy atom. The molecule has 1 heterocycles. The van der Waals surface area contributed by atoms with Crippen LogP contribution in [0.4, 0.5) is 5.82 Å². The number of unbranched alkanes of at least 4 members (excludes halogenated alkanes) is 3. The Balaban J connectivity index is 2.26. The van der Waals surface area contributed by atoms with E-state index in [1.807, 2.05) is 6.07 Å². The van der Waals surface area contributed by atoms with Crippen LogP contribution in [-0.4, -0.2) is 36.8 Å². The molecule has 0 saturated carbocycles. The highest BCUT2D eigenvalue weighted by Crippen LogP contribution is 2.11. The Morgan fingerprint density at radius 2 is 2.06 bits per heavy atom. The lowest BCUT2D eigenvalue weighted by Crippen LogP contribution is -2.07. The van der Waals surface area contributed by atoms with Crippen LogP contribution in [0.1, 0.15) is 32.6 Å².